The van der Waals surface area contributed by atoms with Crippen molar-refractivity contribution < 1.29 is 14.0 Å². The number of amides is 2. The molecule has 150 valence electrons. The molecular formula is C20H21N5O3S. The van der Waals surface area contributed by atoms with Gasteiger partial charge in [-0.15, -0.1) is 10.2 Å². The fourth-order valence-electron chi connectivity index (χ4n) is 3.46. The van der Waals surface area contributed by atoms with E-state index in [1.807, 2.05) is 31.2 Å². The summed E-state index contributed by atoms with van der Waals surface area (Å²) < 4.78 is 5.16. The lowest BCUT2D eigenvalue weighted by Gasteiger charge is -2.34. The lowest BCUT2D eigenvalue weighted by molar-refractivity contribution is -0.121. The maximum atomic E-state index is 13.0. The molecule has 2 amide bonds. The van der Waals surface area contributed by atoms with E-state index in [2.05, 4.69) is 20.5 Å². The quantitative estimate of drug-likeness (QED) is 0.706. The number of carbonyl (C=O) groups excluding carboxylic acids is 2. The SMILES string of the molecule is Cc1nnc(-c2cccc(NC(=O)[C@H]3CCCCN3C(=O)c3ncoc3C)c2)s1. The summed E-state index contributed by atoms with van der Waals surface area (Å²) in [6, 6.07) is 6.95. The number of hydrogen-bond acceptors (Lipinski definition) is 7. The number of hydrogen-bond donors (Lipinski definition) is 1. The number of oxazole rings is 1. The molecule has 1 saturated heterocycles. The van der Waals surface area contributed by atoms with E-state index in [9.17, 15) is 9.59 Å². The van der Waals surface area contributed by atoms with E-state index in [-0.39, 0.29) is 17.5 Å². The van der Waals surface area contributed by atoms with Crippen LogP contribution in [0.25, 0.3) is 10.6 Å². The molecule has 2 aromatic heterocycles. The van der Waals surface area contributed by atoms with Crippen LogP contribution < -0.4 is 5.32 Å². The Balaban J connectivity index is 1.52. The van der Waals surface area contributed by atoms with E-state index in [4.69, 9.17) is 4.42 Å². The van der Waals surface area contributed by atoms with Crippen molar-refractivity contribution in [3.63, 3.8) is 0 Å². The molecule has 9 heteroatoms. The first-order valence-electron chi connectivity index (χ1n) is 9.45. The molecule has 1 atom stereocenters. The summed E-state index contributed by atoms with van der Waals surface area (Å²) in [5.74, 6) is -0.0150. The minimum Gasteiger partial charge on any atom is -0.448 e. The minimum atomic E-state index is -0.542. The highest BCUT2D eigenvalue weighted by atomic mass is 32.1. The maximum absolute atomic E-state index is 13.0. The summed E-state index contributed by atoms with van der Waals surface area (Å²) in [6.45, 7) is 4.12. The van der Waals surface area contributed by atoms with Crippen molar-refractivity contribution in [1.82, 2.24) is 20.1 Å². The molecule has 8 nitrogen and oxygen atoms in total. The van der Waals surface area contributed by atoms with Crippen molar-refractivity contribution in [2.45, 2.75) is 39.2 Å². The van der Waals surface area contributed by atoms with Crippen LogP contribution in [0.4, 0.5) is 5.69 Å². The minimum absolute atomic E-state index is 0.204. The molecular weight excluding hydrogens is 390 g/mol. The Morgan fingerprint density at radius 3 is 2.83 bits per heavy atom. The molecule has 0 unspecified atom stereocenters. The van der Waals surface area contributed by atoms with Gasteiger partial charge in [0.05, 0.1) is 0 Å². The average molecular weight is 411 g/mol. The predicted molar refractivity (Wildman–Crippen MR) is 109 cm³/mol. The maximum Gasteiger partial charge on any atom is 0.276 e. The Morgan fingerprint density at radius 1 is 1.24 bits per heavy atom. The van der Waals surface area contributed by atoms with Crippen LogP contribution in [0.3, 0.4) is 0 Å². The monoisotopic (exact) mass is 411 g/mol. The molecule has 1 N–H and O–H groups in total. The van der Waals surface area contributed by atoms with Crippen LogP contribution in [0.2, 0.25) is 0 Å². The largest absolute Gasteiger partial charge is 0.448 e. The molecule has 1 aliphatic heterocycles. The molecule has 1 aromatic carbocycles. The first-order valence-corrected chi connectivity index (χ1v) is 10.3. The van der Waals surface area contributed by atoms with Gasteiger partial charge in [0, 0.05) is 17.8 Å². The highest BCUT2D eigenvalue weighted by Gasteiger charge is 2.34. The summed E-state index contributed by atoms with van der Waals surface area (Å²) in [5.41, 5.74) is 1.82. The topological polar surface area (TPSA) is 101 Å². The number of aryl methyl sites for hydroxylation is 2. The van der Waals surface area contributed by atoms with Crippen molar-refractivity contribution >= 4 is 28.8 Å². The fourth-order valence-corrected chi connectivity index (χ4v) is 4.15. The van der Waals surface area contributed by atoms with Gasteiger partial charge in [-0.25, -0.2) is 4.98 Å². The van der Waals surface area contributed by atoms with Gasteiger partial charge in [0.15, 0.2) is 12.1 Å². The molecule has 1 fully saturated rings. The molecule has 1 aliphatic rings. The zero-order valence-electron chi connectivity index (χ0n) is 16.2. The molecule has 3 aromatic rings. The molecule has 4 rings (SSSR count). The number of anilines is 1. The summed E-state index contributed by atoms with van der Waals surface area (Å²) in [4.78, 5) is 31.5. The number of rotatable bonds is 4. The number of aromatic nitrogens is 3. The summed E-state index contributed by atoms with van der Waals surface area (Å²) >= 11 is 1.50. The van der Waals surface area contributed by atoms with Gasteiger partial charge >= 0.3 is 0 Å². The van der Waals surface area contributed by atoms with Crippen LogP contribution in [0, 0.1) is 13.8 Å². The van der Waals surface area contributed by atoms with Crippen molar-refractivity contribution in [3.8, 4) is 10.6 Å². The van der Waals surface area contributed by atoms with Gasteiger partial charge in [0.25, 0.3) is 5.91 Å². The number of likely N-dealkylation sites (tertiary alicyclic amines) is 1. The molecule has 0 spiro atoms. The van der Waals surface area contributed by atoms with E-state index in [0.717, 1.165) is 28.4 Å². The summed E-state index contributed by atoms with van der Waals surface area (Å²) in [6.07, 6.45) is 3.62. The predicted octanol–water partition coefficient (Wildman–Crippen LogP) is 3.44. The van der Waals surface area contributed by atoms with Crippen LogP contribution in [0.1, 0.15) is 40.5 Å². The van der Waals surface area contributed by atoms with Crippen LogP contribution in [-0.4, -0.2) is 44.5 Å². The third-order valence-electron chi connectivity index (χ3n) is 4.92. The Labute approximate surface area is 172 Å². The normalized spacial score (nSPS) is 16.6. The highest BCUT2D eigenvalue weighted by molar-refractivity contribution is 7.14. The highest BCUT2D eigenvalue weighted by Crippen LogP contribution is 2.27. The number of benzene rings is 1. The second-order valence-electron chi connectivity index (χ2n) is 6.96. The molecule has 0 aliphatic carbocycles. The van der Waals surface area contributed by atoms with Crippen molar-refractivity contribution in [2.24, 2.45) is 0 Å². The first-order chi connectivity index (χ1) is 14.0. The van der Waals surface area contributed by atoms with Gasteiger partial charge in [-0.2, -0.15) is 0 Å². The van der Waals surface area contributed by atoms with E-state index in [1.165, 1.54) is 17.7 Å². The number of nitrogens with one attached hydrogen (secondary N) is 1. The standard InChI is InChI=1S/C20H21N5O3S/c1-12-17(21-11-28-12)20(27)25-9-4-3-8-16(25)18(26)22-15-7-5-6-14(10-15)19-24-23-13(2)29-19/h5-7,10-11,16H,3-4,8-9H2,1-2H3,(H,22,26)/t16-/m1/s1. The van der Waals surface area contributed by atoms with Gasteiger partial charge in [-0.3, -0.25) is 9.59 Å². The van der Waals surface area contributed by atoms with Gasteiger partial charge < -0.3 is 14.6 Å². The summed E-state index contributed by atoms with van der Waals surface area (Å²) in [7, 11) is 0. The Morgan fingerprint density at radius 2 is 2.10 bits per heavy atom. The number of carbonyl (C=O) groups is 2. The lowest BCUT2D eigenvalue weighted by atomic mass is 10.0. The molecule has 0 radical (unpaired) electrons. The molecule has 0 bridgehead atoms. The smallest absolute Gasteiger partial charge is 0.276 e. The van der Waals surface area contributed by atoms with Crippen LogP contribution in [-0.2, 0) is 4.79 Å². The van der Waals surface area contributed by atoms with Gasteiger partial charge in [0.1, 0.15) is 21.8 Å². The zero-order chi connectivity index (χ0) is 20.4. The average Bonchev–Trinajstić information content (AvgIpc) is 3.36. The number of piperidine rings is 1. The zero-order valence-corrected chi connectivity index (χ0v) is 17.0. The second-order valence-corrected chi connectivity index (χ2v) is 8.15. The molecule has 3 heterocycles. The second kappa shape index (κ2) is 8.12. The lowest BCUT2D eigenvalue weighted by Crippen LogP contribution is -2.50. The van der Waals surface area contributed by atoms with Crippen molar-refractivity contribution in [1.29, 1.82) is 0 Å². The van der Waals surface area contributed by atoms with E-state index >= 15 is 0 Å². The molecule has 29 heavy (non-hydrogen) atoms. The van der Waals surface area contributed by atoms with Crippen molar-refractivity contribution in [3.05, 3.63) is 47.1 Å². The van der Waals surface area contributed by atoms with E-state index in [0.29, 0.717) is 24.4 Å². The number of nitrogens with zero attached hydrogens (tertiary/aromatic N) is 4. The fraction of sp³-hybridized carbons (Fsp3) is 0.350. The summed E-state index contributed by atoms with van der Waals surface area (Å²) in [5, 5.41) is 12.8. The first kappa shape index (κ1) is 19.3. The third kappa shape index (κ3) is 4.04. The Kier molecular flexibility index (Phi) is 5.39. The van der Waals surface area contributed by atoms with Gasteiger partial charge in [-0.05, 0) is 45.2 Å². The Bertz CT molecular complexity index is 1040. The van der Waals surface area contributed by atoms with Crippen LogP contribution in [0.5, 0.6) is 0 Å². The van der Waals surface area contributed by atoms with E-state index < -0.39 is 6.04 Å². The Hall–Kier alpha value is -3.07. The third-order valence-corrected chi connectivity index (χ3v) is 5.80. The van der Waals surface area contributed by atoms with Gasteiger partial charge in [0.2, 0.25) is 5.91 Å². The van der Waals surface area contributed by atoms with E-state index in [1.54, 1.807) is 11.8 Å². The van der Waals surface area contributed by atoms with Crippen LogP contribution in [0.15, 0.2) is 35.1 Å². The van der Waals surface area contributed by atoms with Gasteiger partial charge in [-0.1, -0.05) is 23.5 Å². The molecule has 0 saturated carbocycles. The van der Waals surface area contributed by atoms with Crippen molar-refractivity contribution in [2.75, 3.05) is 11.9 Å². The van der Waals surface area contributed by atoms with Crippen LogP contribution >= 0.6 is 11.3 Å².